The van der Waals surface area contributed by atoms with Gasteiger partial charge in [-0.1, -0.05) is 12.1 Å². The Hall–Kier alpha value is -4.63. The van der Waals surface area contributed by atoms with Gasteiger partial charge in [0.05, 0.1) is 43.3 Å². The summed E-state index contributed by atoms with van der Waals surface area (Å²) in [5.41, 5.74) is -1.64. The minimum absolute atomic E-state index is 0.134. The van der Waals surface area contributed by atoms with E-state index in [1.807, 2.05) is 6.20 Å². The quantitative estimate of drug-likeness (QED) is 0.243. The van der Waals surface area contributed by atoms with Crippen LogP contribution >= 0.6 is 0 Å². The highest BCUT2D eigenvalue weighted by atomic mass is 19.4. The molecule has 0 bridgehead atoms. The van der Waals surface area contributed by atoms with E-state index >= 15 is 0 Å². The molecule has 4 heterocycles. The van der Waals surface area contributed by atoms with Crippen LogP contribution in [-0.2, 0) is 38.5 Å². The normalized spacial score (nSPS) is 14.0. The first kappa shape index (κ1) is 30.8. The monoisotopic (exact) mass is 622 g/mol. The van der Waals surface area contributed by atoms with Crippen LogP contribution in [0.3, 0.4) is 0 Å². The van der Waals surface area contributed by atoms with E-state index < -0.39 is 35.1 Å². The maximum absolute atomic E-state index is 14.0. The van der Waals surface area contributed by atoms with E-state index in [2.05, 4.69) is 25.5 Å². The molecule has 1 atom stereocenters. The smallest absolute Gasteiger partial charge is 0.423 e. The molecule has 0 aliphatic carbocycles. The van der Waals surface area contributed by atoms with Crippen LogP contribution in [0.25, 0.3) is 0 Å². The Kier molecular flexibility index (Phi) is 8.52. The summed E-state index contributed by atoms with van der Waals surface area (Å²) in [5, 5.41) is 11.3. The maximum atomic E-state index is 14.0. The van der Waals surface area contributed by atoms with Crippen molar-refractivity contribution in [1.29, 1.82) is 0 Å². The molecule has 4 aromatic rings. The van der Waals surface area contributed by atoms with Crippen molar-refractivity contribution >= 4 is 11.6 Å². The van der Waals surface area contributed by atoms with Crippen LogP contribution < -0.4 is 20.5 Å². The van der Waals surface area contributed by atoms with Gasteiger partial charge in [-0.25, -0.2) is 14.6 Å². The topological polar surface area (TPSA) is 103 Å². The van der Waals surface area contributed by atoms with Gasteiger partial charge in [-0.15, -0.1) is 0 Å². The van der Waals surface area contributed by atoms with E-state index in [0.717, 1.165) is 34.5 Å². The van der Waals surface area contributed by atoms with Gasteiger partial charge in [-0.2, -0.15) is 36.5 Å². The average Bonchev–Trinajstić information content (AvgIpc) is 3.53. The second-order valence-electron chi connectivity index (χ2n) is 10.4. The van der Waals surface area contributed by atoms with E-state index in [9.17, 15) is 31.1 Å². The highest BCUT2D eigenvalue weighted by molar-refractivity contribution is 5.50. The summed E-state index contributed by atoms with van der Waals surface area (Å²) in [5.74, 6) is 0.747. The van der Waals surface area contributed by atoms with Gasteiger partial charge in [0.15, 0.2) is 0 Å². The molecule has 1 aliphatic rings. The molecule has 0 saturated heterocycles. The Morgan fingerprint density at radius 3 is 2.32 bits per heavy atom. The van der Waals surface area contributed by atoms with E-state index in [4.69, 9.17) is 4.74 Å². The largest absolute Gasteiger partial charge is 0.497 e. The number of nitrogens with zero attached hydrogens (tertiary/aromatic N) is 7. The van der Waals surface area contributed by atoms with Crippen molar-refractivity contribution < 1.29 is 31.1 Å². The molecular formula is C28H28F6N8O2. The van der Waals surface area contributed by atoms with Gasteiger partial charge in [0.1, 0.15) is 11.3 Å². The van der Waals surface area contributed by atoms with Gasteiger partial charge in [0, 0.05) is 43.3 Å². The zero-order chi connectivity index (χ0) is 31.6. The van der Waals surface area contributed by atoms with Gasteiger partial charge in [0.2, 0.25) is 5.95 Å². The van der Waals surface area contributed by atoms with Crippen LogP contribution in [0.15, 0.2) is 53.8 Å². The first-order valence-electron chi connectivity index (χ1n) is 13.6. The Morgan fingerprint density at radius 1 is 1.00 bits per heavy atom. The van der Waals surface area contributed by atoms with Gasteiger partial charge < -0.3 is 15.0 Å². The predicted molar refractivity (Wildman–Crippen MR) is 147 cm³/mol. The molecule has 3 aromatic heterocycles. The molecule has 1 aromatic carbocycles. The van der Waals surface area contributed by atoms with Crippen LogP contribution in [-0.4, -0.2) is 42.7 Å². The Labute approximate surface area is 247 Å². The van der Waals surface area contributed by atoms with Crippen LogP contribution in [0.4, 0.5) is 38.0 Å². The number of fused-ring (bicyclic) bond motifs is 1. The number of aromatic nitrogens is 6. The number of methoxy groups -OCH3 is 1. The summed E-state index contributed by atoms with van der Waals surface area (Å²) in [6.07, 6.45) is -4.02. The molecule has 5 rings (SSSR count). The lowest BCUT2D eigenvalue weighted by Gasteiger charge is -2.20. The number of alkyl halides is 6. The fraction of sp³-hybridized carbons (Fsp3) is 0.393. The minimum Gasteiger partial charge on any atom is -0.497 e. The summed E-state index contributed by atoms with van der Waals surface area (Å²) in [7, 11) is 1.49. The molecule has 0 spiro atoms. The summed E-state index contributed by atoms with van der Waals surface area (Å²) in [6.45, 7) is 2.79. The van der Waals surface area contributed by atoms with Crippen molar-refractivity contribution in [2.75, 3.05) is 17.3 Å². The van der Waals surface area contributed by atoms with Crippen molar-refractivity contribution in [1.82, 2.24) is 29.5 Å². The maximum Gasteiger partial charge on any atom is 0.423 e. The second-order valence-corrected chi connectivity index (χ2v) is 10.4. The zero-order valence-electron chi connectivity index (χ0n) is 23.7. The third kappa shape index (κ3) is 6.94. The molecule has 44 heavy (non-hydrogen) atoms. The van der Waals surface area contributed by atoms with Crippen molar-refractivity contribution in [3.63, 3.8) is 0 Å². The van der Waals surface area contributed by atoms with E-state index in [-0.39, 0.29) is 18.2 Å². The molecular weight excluding hydrogens is 594 g/mol. The van der Waals surface area contributed by atoms with Crippen LogP contribution in [0, 0.1) is 0 Å². The molecule has 0 saturated carbocycles. The molecule has 0 unspecified atom stereocenters. The summed E-state index contributed by atoms with van der Waals surface area (Å²) >= 11 is 0. The SMILES string of the molecule is COc1ccc(Cn2ncc(N[C@@H](C)CCCn3cc4c(n3)CN(c3ncc(C(F)(F)F)cn3)C4)c(C(F)(F)F)c2=O)cc1. The second kappa shape index (κ2) is 12.2. The van der Waals surface area contributed by atoms with Gasteiger partial charge in [0.25, 0.3) is 5.56 Å². The number of ether oxygens (including phenoxy) is 1. The van der Waals surface area contributed by atoms with E-state index in [1.54, 1.807) is 40.8 Å². The van der Waals surface area contributed by atoms with E-state index in [0.29, 0.717) is 43.8 Å². The fourth-order valence-corrected chi connectivity index (χ4v) is 4.88. The summed E-state index contributed by atoms with van der Waals surface area (Å²) < 4.78 is 87.8. The Morgan fingerprint density at radius 2 is 1.70 bits per heavy atom. The number of nitrogens with one attached hydrogen (secondary N) is 1. The van der Waals surface area contributed by atoms with Crippen LogP contribution in [0.2, 0.25) is 0 Å². The number of rotatable bonds is 10. The molecule has 10 nitrogen and oxygen atoms in total. The molecule has 0 amide bonds. The lowest BCUT2D eigenvalue weighted by atomic mass is 10.1. The molecule has 1 N–H and O–H groups in total. The van der Waals surface area contributed by atoms with E-state index in [1.165, 1.54) is 7.11 Å². The fourth-order valence-electron chi connectivity index (χ4n) is 4.88. The molecule has 0 radical (unpaired) electrons. The lowest BCUT2D eigenvalue weighted by Crippen LogP contribution is -2.33. The summed E-state index contributed by atoms with van der Waals surface area (Å²) in [4.78, 5) is 22.2. The minimum atomic E-state index is -4.89. The molecule has 234 valence electrons. The summed E-state index contributed by atoms with van der Waals surface area (Å²) in [6, 6.07) is 6.17. The Balaban J connectivity index is 1.16. The number of hydrogen-bond acceptors (Lipinski definition) is 8. The Bertz CT molecular complexity index is 1630. The van der Waals surface area contributed by atoms with Gasteiger partial charge in [-0.3, -0.25) is 9.48 Å². The molecule has 16 heteroatoms. The standard InChI is InChI=1S/C28H28F6N8O2/c1-17(38-22-12-37-42(25(43)24(22)28(32,33)34)13-18-5-7-21(44-2)8-6-18)4-3-9-41-15-19-14-40(16-23(19)39-41)26-35-10-20(11-36-26)27(29,30)31/h5-8,10-12,15,17,38H,3-4,9,13-14,16H2,1-2H3/t17-/m0/s1. The molecule has 0 fully saturated rings. The highest BCUT2D eigenvalue weighted by Crippen LogP contribution is 2.33. The first-order valence-corrected chi connectivity index (χ1v) is 13.6. The third-order valence-electron chi connectivity index (χ3n) is 7.12. The van der Waals surface area contributed by atoms with Crippen molar-refractivity contribution in [3.8, 4) is 5.75 Å². The number of halogens is 6. The number of hydrogen-bond donors (Lipinski definition) is 1. The van der Waals surface area contributed by atoms with Crippen molar-refractivity contribution in [2.24, 2.45) is 0 Å². The average molecular weight is 623 g/mol. The number of anilines is 2. The van der Waals surface area contributed by atoms with Crippen molar-refractivity contribution in [2.45, 2.75) is 64.3 Å². The van der Waals surface area contributed by atoms with Gasteiger partial charge >= 0.3 is 12.4 Å². The van der Waals surface area contributed by atoms with Crippen LogP contribution in [0.1, 0.15) is 47.7 Å². The van der Waals surface area contributed by atoms with Crippen LogP contribution in [0.5, 0.6) is 5.75 Å². The number of benzene rings is 1. The van der Waals surface area contributed by atoms with Gasteiger partial charge in [-0.05, 0) is 37.5 Å². The predicted octanol–water partition coefficient (Wildman–Crippen LogP) is 5.13. The first-order chi connectivity index (χ1) is 20.8. The zero-order valence-corrected chi connectivity index (χ0v) is 23.7. The third-order valence-corrected chi connectivity index (χ3v) is 7.12. The lowest BCUT2D eigenvalue weighted by molar-refractivity contribution is -0.139. The highest BCUT2D eigenvalue weighted by Gasteiger charge is 2.38. The van der Waals surface area contributed by atoms with Crippen molar-refractivity contribution in [3.05, 3.63) is 87.4 Å². The number of aryl methyl sites for hydroxylation is 1. The molecule has 1 aliphatic heterocycles.